The van der Waals surface area contributed by atoms with E-state index in [1.54, 1.807) is 11.8 Å². The fourth-order valence-corrected chi connectivity index (χ4v) is 5.49. The molecule has 1 heterocycles. The summed E-state index contributed by atoms with van der Waals surface area (Å²) in [4.78, 5) is 14.0. The first-order valence-corrected chi connectivity index (χ1v) is 10.3. The molecule has 116 valence electrons. The predicted molar refractivity (Wildman–Crippen MR) is 90.6 cm³/mol. The van der Waals surface area contributed by atoms with Crippen molar-refractivity contribution in [3.8, 4) is 0 Å². The van der Waals surface area contributed by atoms with Gasteiger partial charge in [0.05, 0.1) is 5.25 Å². The lowest BCUT2D eigenvalue weighted by atomic mass is 10.1. The first kappa shape index (κ1) is 16.7. The van der Waals surface area contributed by atoms with E-state index in [0.29, 0.717) is 18.7 Å². The number of amides is 1. The van der Waals surface area contributed by atoms with Crippen molar-refractivity contribution < 1.29 is 13.2 Å². The van der Waals surface area contributed by atoms with E-state index in [1.807, 2.05) is 30.3 Å². The van der Waals surface area contributed by atoms with Crippen LogP contribution < -0.4 is 0 Å². The molecular formula is C14H19NO3S3. The van der Waals surface area contributed by atoms with Crippen molar-refractivity contribution in [3.63, 3.8) is 0 Å². The fourth-order valence-electron chi connectivity index (χ4n) is 2.30. The Morgan fingerprint density at radius 2 is 2.10 bits per heavy atom. The Hall–Kier alpha value is -0.660. The van der Waals surface area contributed by atoms with Gasteiger partial charge in [-0.1, -0.05) is 30.3 Å². The van der Waals surface area contributed by atoms with Gasteiger partial charge in [-0.3, -0.25) is 4.79 Å². The van der Waals surface area contributed by atoms with Crippen LogP contribution in [0.2, 0.25) is 0 Å². The third-order valence-electron chi connectivity index (χ3n) is 3.42. The Morgan fingerprint density at radius 1 is 1.43 bits per heavy atom. The molecule has 0 N–H and O–H groups in total. The third kappa shape index (κ3) is 4.40. The summed E-state index contributed by atoms with van der Waals surface area (Å²) in [6.07, 6.45) is 1.69. The molecule has 4 nitrogen and oxygen atoms in total. The van der Waals surface area contributed by atoms with Crippen LogP contribution in [0.25, 0.3) is 0 Å². The van der Waals surface area contributed by atoms with Crippen molar-refractivity contribution in [1.82, 2.24) is 4.90 Å². The number of hydrogen-bond donors (Lipinski definition) is 1. The van der Waals surface area contributed by atoms with E-state index in [9.17, 15) is 13.2 Å². The predicted octanol–water partition coefficient (Wildman–Crippen LogP) is 1.47. The second kappa shape index (κ2) is 7.07. The van der Waals surface area contributed by atoms with E-state index < -0.39 is 20.5 Å². The van der Waals surface area contributed by atoms with Gasteiger partial charge in [0.1, 0.15) is 5.37 Å². The van der Waals surface area contributed by atoms with Crippen LogP contribution in [0, 0.1) is 0 Å². The summed E-state index contributed by atoms with van der Waals surface area (Å²) in [5, 5.41) is -1.24. The zero-order valence-corrected chi connectivity index (χ0v) is 14.3. The molecule has 0 spiro atoms. The topological polar surface area (TPSA) is 54.5 Å². The molecule has 7 heteroatoms. The molecule has 21 heavy (non-hydrogen) atoms. The lowest BCUT2D eigenvalue weighted by Gasteiger charge is -2.35. The lowest BCUT2D eigenvalue weighted by molar-refractivity contribution is -0.130. The second-order valence-electron chi connectivity index (χ2n) is 5.10. The van der Waals surface area contributed by atoms with Crippen molar-refractivity contribution in [2.24, 2.45) is 0 Å². The van der Waals surface area contributed by atoms with E-state index >= 15 is 0 Å². The summed E-state index contributed by atoms with van der Waals surface area (Å²) in [5.41, 5.74) is 1.02. The summed E-state index contributed by atoms with van der Waals surface area (Å²) in [5.74, 6) is 1.01. The van der Waals surface area contributed by atoms with Crippen LogP contribution in [-0.4, -0.2) is 54.2 Å². The van der Waals surface area contributed by atoms with Gasteiger partial charge < -0.3 is 4.90 Å². The summed E-state index contributed by atoms with van der Waals surface area (Å²) in [6.45, 7) is 0.465. The molecule has 1 fully saturated rings. The second-order valence-corrected chi connectivity index (χ2v) is 9.07. The number of rotatable bonds is 4. The van der Waals surface area contributed by atoms with Crippen molar-refractivity contribution in [2.75, 3.05) is 24.3 Å². The van der Waals surface area contributed by atoms with E-state index in [1.165, 1.54) is 11.2 Å². The number of sulfone groups is 1. The van der Waals surface area contributed by atoms with Crippen molar-refractivity contribution in [3.05, 3.63) is 35.9 Å². The number of benzene rings is 1. The van der Waals surface area contributed by atoms with Gasteiger partial charge in [-0.2, -0.15) is 24.4 Å². The molecule has 0 bridgehead atoms. The van der Waals surface area contributed by atoms with E-state index in [2.05, 4.69) is 12.6 Å². The lowest BCUT2D eigenvalue weighted by Crippen LogP contribution is -2.52. The van der Waals surface area contributed by atoms with Gasteiger partial charge >= 0.3 is 0 Å². The van der Waals surface area contributed by atoms with E-state index in [0.717, 1.165) is 11.3 Å². The molecule has 0 aromatic heterocycles. The first-order chi connectivity index (χ1) is 9.89. The zero-order chi connectivity index (χ0) is 15.5. The quantitative estimate of drug-likeness (QED) is 0.840. The molecule has 1 aromatic rings. The van der Waals surface area contributed by atoms with Gasteiger partial charge in [0.15, 0.2) is 9.84 Å². The molecule has 1 aliphatic heterocycles. The number of thioether (sulfide) groups is 1. The van der Waals surface area contributed by atoms with Crippen LogP contribution >= 0.6 is 24.4 Å². The number of thiol groups is 1. The smallest absolute Gasteiger partial charge is 0.236 e. The Morgan fingerprint density at radius 3 is 2.71 bits per heavy atom. The largest absolute Gasteiger partial charge is 0.323 e. The Balaban J connectivity index is 2.10. The average Bonchev–Trinajstić information content (AvgIpc) is 2.46. The van der Waals surface area contributed by atoms with E-state index in [-0.39, 0.29) is 5.91 Å². The van der Waals surface area contributed by atoms with Gasteiger partial charge in [0.2, 0.25) is 5.91 Å². The molecule has 1 aliphatic rings. The van der Waals surface area contributed by atoms with Gasteiger partial charge in [-0.15, -0.1) is 0 Å². The van der Waals surface area contributed by atoms with Crippen LogP contribution in [0.1, 0.15) is 5.56 Å². The van der Waals surface area contributed by atoms with E-state index in [4.69, 9.17) is 0 Å². The maximum Gasteiger partial charge on any atom is 0.236 e. The van der Waals surface area contributed by atoms with Crippen LogP contribution in [0.5, 0.6) is 0 Å². The van der Waals surface area contributed by atoms with Gasteiger partial charge in [-0.05, 0) is 12.0 Å². The monoisotopic (exact) mass is 345 g/mol. The summed E-state index contributed by atoms with van der Waals surface area (Å²) in [6, 6.07) is 9.63. The molecule has 2 atom stereocenters. The molecule has 2 unspecified atom stereocenters. The highest BCUT2D eigenvalue weighted by Gasteiger charge is 2.36. The minimum Gasteiger partial charge on any atom is -0.323 e. The SMILES string of the molecule is CS(=O)(=O)C1CSCCN1C(=O)C(S)Cc1ccccc1. The highest BCUT2D eigenvalue weighted by molar-refractivity contribution is 8.00. The Kier molecular flexibility index (Phi) is 5.62. The number of carbonyl (C=O) groups excluding carboxylic acids is 1. The van der Waals surface area contributed by atoms with Crippen LogP contribution in [0.3, 0.4) is 0 Å². The van der Waals surface area contributed by atoms with Crippen molar-refractivity contribution in [1.29, 1.82) is 0 Å². The minimum absolute atomic E-state index is 0.196. The molecule has 0 radical (unpaired) electrons. The van der Waals surface area contributed by atoms with Crippen LogP contribution in [0.4, 0.5) is 0 Å². The van der Waals surface area contributed by atoms with Crippen LogP contribution in [0.15, 0.2) is 30.3 Å². The average molecular weight is 346 g/mol. The highest BCUT2D eigenvalue weighted by atomic mass is 32.2. The first-order valence-electron chi connectivity index (χ1n) is 6.68. The summed E-state index contributed by atoms with van der Waals surface area (Å²) < 4.78 is 23.7. The maximum atomic E-state index is 12.5. The third-order valence-corrected chi connectivity index (χ3v) is 6.47. The standard InChI is InChI=1S/C14H19NO3S3/c1-21(17,18)13-10-20-8-7-15(13)14(16)12(19)9-11-5-3-2-4-6-11/h2-6,12-13,19H,7-10H2,1H3. The number of hydrogen-bond acceptors (Lipinski definition) is 5. The van der Waals surface area contributed by atoms with Gasteiger partial charge in [0, 0.05) is 24.3 Å². The van der Waals surface area contributed by atoms with Crippen molar-refractivity contribution >= 4 is 40.1 Å². The molecule has 0 saturated carbocycles. The molecule has 2 rings (SSSR count). The normalized spacial score (nSPS) is 21.0. The van der Waals surface area contributed by atoms with Crippen molar-refractivity contribution in [2.45, 2.75) is 17.0 Å². The Labute approximate surface area is 135 Å². The zero-order valence-electron chi connectivity index (χ0n) is 11.8. The van der Waals surface area contributed by atoms with Gasteiger partial charge in [-0.25, -0.2) is 8.42 Å². The fraction of sp³-hybridized carbons (Fsp3) is 0.500. The van der Waals surface area contributed by atoms with Gasteiger partial charge in [0.25, 0.3) is 0 Å². The summed E-state index contributed by atoms with van der Waals surface area (Å²) >= 11 is 5.96. The number of carbonyl (C=O) groups is 1. The Bertz CT molecular complexity index is 589. The molecule has 1 aromatic carbocycles. The molecule has 0 aliphatic carbocycles. The van der Waals surface area contributed by atoms with Crippen LogP contribution in [-0.2, 0) is 21.1 Å². The highest BCUT2D eigenvalue weighted by Crippen LogP contribution is 2.23. The summed E-state index contributed by atoms with van der Waals surface area (Å²) in [7, 11) is -3.28. The molecular weight excluding hydrogens is 326 g/mol. The molecule has 1 amide bonds. The number of nitrogens with zero attached hydrogens (tertiary/aromatic N) is 1. The molecule has 1 saturated heterocycles. The minimum atomic E-state index is -3.28. The maximum absolute atomic E-state index is 12.5.